The number of carboxylic acids is 1. The second-order valence-corrected chi connectivity index (χ2v) is 7.21. The van der Waals surface area contributed by atoms with Gasteiger partial charge in [-0.25, -0.2) is 0 Å². The Morgan fingerprint density at radius 2 is 1.70 bits per heavy atom. The molecule has 0 spiro atoms. The molecule has 7 heteroatoms. The molecule has 6 nitrogen and oxygen atoms in total. The van der Waals surface area contributed by atoms with E-state index in [2.05, 4.69) is 5.32 Å². The molecule has 0 aromatic carbocycles. The number of nitrogens with one attached hydrogen (secondary N) is 1. The van der Waals surface area contributed by atoms with Crippen LogP contribution in [0.4, 0.5) is 0 Å². The summed E-state index contributed by atoms with van der Waals surface area (Å²) < 4.78 is 23.3. The van der Waals surface area contributed by atoms with E-state index in [1.54, 1.807) is 13.8 Å². The molecule has 0 radical (unpaired) electrons. The van der Waals surface area contributed by atoms with Crippen molar-refractivity contribution in [3.05, 3.63) is 0 Å². The average molecular weight is 309 g/mol. The van der Waals surface area contributed by atoms with Gasteiger partial charge in [0.2, 0.25) is 0 Å². The van der Waals surface area contributed by atoms with Crippen LogP contribution in [0.2, 0.25) is 0 Å². The van der Waals surface area contributed by atoms with Crippen LogP contribution in [0.5, 0.6) is 0 Å². The van der Waals surface area contributed by atoms with E-state index in [9.17, 15) is 14.5 Å². The molecule has 0 saturated heterocycles. The molecular formula is C13H28NO5P. The summed E-state index contributed by atoms with van der Waals surface area (Å²) in [6, 6.07) is -0.755. The minimum Gasteiger partial charge on any atom is -0.480 e. The summed E-state index contributed by atoms with van der Waals surface area (Å²) >= 11 is 0. The largest absolute Gasteiger partial charge is 0.480 e. The van der Waals surface area contributed by atoms with Crippen molar-refractivity contribution in [2.24, 2.45) is 5.92 Å². The molecule has 0 bridgehead atoms. The fourth-order valence-corrected chi connectivity index (χ4v) is 3.92. The second-order valence-electron chi connectivity index (χ2n) is 4.99. The van der Waals surface area contributed by atoms with Gasteiger partial charge in [0.1, 0.15) is 11.8 Å². The molecule has 0 unspecified atom stereocenters. The zero-order valence-corrected chi connectivity index (χ0v) is 14.0. The number of hydrogen-bond donors (Lipinski definition) is 2. The highest BCUT2D eigenvalue weighted by Crippen LogP contribution is 2.53. The lowest BCUT2D eigenvalue weighted by Crippen LogP contribution is -2.44. The predicted molar refractivity (Wildman–Crippen MR) is 79.0 cm³/mol. The highest BCUT2D eigenvalue weighted by molar-refractivity contribution is 7.54. The van der Waals surface area contributed by atoms with Crippen LogP contribution < -0.4 is 5.32 Å². The Labute approximate surface area is 121 Å². The molecule has 120 valence electrons. The zero-order valence-electron chi connectivity index (χ0n) is 13.1. The van der Waals surface area contributed by atoms with Crippen LogP contribution in [0, 0.1) is 5.92 Å². The Morgan fingerprint density at radius 3 is 2.00 bits per heavy atom. The molecule has 0 aliphatic carbocycles. The fraction of sp³-hybridized carbons (Fsp3) is 0.923. The maximum absolute atomic E-state index is 12.7. The van der Waals surface area contributed by atoms with Gasteiger partial charge in [-0.3, -0.25) is 14.7 Å². The highest BCUT2D eigenvalue weighted by Gasteiger charge is 2.37. The first kappa shape index (κ1) is 19.6. The van der Waals surface area contributed by atoms with Crippen LogP contribution in [0.1, 0.15) is 47.5 Å². The first-order chi connectivity index (χ1) is 9.30. The summed E-state index contributed by atoms with van der Waals surface area (Å²) in [6.07, 6.45) is 0.934. The molecule has 0 aliphatic rings. The minimum absolute atomic E-state index is 0.222. The normalized spacial score (nSPS) is 15.3. The van der Waals surface area contributed by atoms with E-state index in [0.717, 1.165) is 0 Å². The van der Waals surface area contributed by atoms with Crippen LogP contribution in [-0.4, -0.2) is 36.1 Å². The molecule has 0 aromatic heterocycles. The number of hydrogen-bond acceptors (Lipinski definition) is 5. The van der Waals surface area contributed by atoms with Gasteiger partial charge >= 0.3 is 13.6 Å². The van der Waals surface area contributed by atoms with Crippen molar-refractivity contribution >= 4 is 13.6 Å². The maximum Gasteiger partial charge on any atom is 0.347 e. The van der Waals surface area contributed by atoms with Crippen molar-refractivity contribution in [2.75, 3.05) is 13.2 Å². The van der Waals surface area contributed by atoms with Gasteiger partial charge in [-0.1, -0.05) is 20.8 Å². The van der Waals surface area contributed by atoms with Gasteiger partial charge < -0.3 is 14.2 Å². The summed E-state index contributed by atoms with van der Waals surface area (Å²) in [6.45, 7) is 9.72. The summed E-state index contributed by atoms with van der Waals surface area (Å²) in [5, 5.41) is 12.2. The van der Waals surface area contributed by atoms with E-state index in [0.29, 0.717) is 12.8 Å². The Bertz CT molecular complexity index is 325. The van der Waals surface area contributed by atoms with Crippen molar-refractivity contribution in [2.45, 2.75) is 59.3 Å². The van der Waals surface area contributed by atoms with Crippen molar-refractivity contribution in [1.82, 2.24) is 5.32 Å². The van der Waals surface area contributed by atoms with E-state index >= 15 is 0 Å². The summed E-state index contributed by atoms with van der Waals surface area (Å²) in [5.74, 6) is -1.33. The molecule has 0 amide bonds. The number of carbonyl (C=O) groups is 1. The first-order valence-electron chi connectivity index (χ1n) is 7.18. The molecule has 0 aromatic rings. The molecule has 2 N–H and O–H groups in total. The van der Waals surface area contributed by atoms with Crippen LogP contribution >= 0.6 is 7.60 Å². The molecule has 0 fully saturated rings. The van der Waals surface area contributed by atoms with Crippen LogP contribution in [0.25, 0.3) is 0 Å². The van der Waals surface area contributed by atoms with Crippen molar-refractivity contribution in [1.29, 1.82) is 0 Å². The van der Waals surface area contributed by atoms with E-state index in [1.807, 2.05) is 20.8 Å². The molecule has 0 rings (SSSR count). The Kier molecular flexibility index (Phi) is 9.30. The van der Waals surface area contributed by atoms with Gasteiger partial charge in [0, 0.05) is 0 Å². The monoisotopic (exact) mass is 309 g/mol. The molecule has 0 heterocycles. The smallest absolute Gasteiger partial charge is 0.347 e. The molecule has 0 aliphatic heterocycles. The minimum atomic E-state index is -3.34. The lowest BCUT2D eigenvalue weighted by Gasteiger charge is -2.29. The molecular weight excluding hydrogens is 281 g/mol. The molecule has 0 saturated carbocycles. The van der Waals surface area contributed by atoms with E-state index in [4.69, 9.17) is 9.05 Å². The quantitative estimate of drug-likeness (QED) is 0.571. The Morgan fingerprint density at radius 1 is 1.20 bits per heavy atom. The SMILES string of the molecule is CCOP(=O)(OCC)[C@@H](CC)N[C@@H](CC(C)C)C(=O)O. The second kappa shape index (κ2) is 9.50. The molecule has 20 heavy (non-hydrogen) atoms. The predicted octanol–water partition coefficient (Wildman–Crippen LogP) is 3.08. The van der Waals surface area contributed by atoms with Gasteiger partial charge in [0.15, 0.2) is 0 Å². The summed E-state index contributed by atoms with van der Waals surface area (Å²) in [5.41, 5.74) is 0. The zero-order chi connectivity index (χ0) is 15.8. The first-order valence-corrected chi connectivity index (χ1v) is 8.79. The van der Waals surface area contributed by atoms with Crippen LogP contribution in [0.15, 0.2) is 0 Å². The lowest BCUT2D eigenvalue weighted by molar-refractivity contribution is -0.140. The van der Waals surface area contributed by atoms with E-state index < -0.39 is 25.4 Å². The average Bonchev–Trinajstić information content (AvgIpc) is 2.33. The number of carboxylic acid groups (broad SMARTS) is 1. The molecule has 2 atom stereocenters. The van der Waals surface area contributed by atoms with Gasteiger partial charge in [0.05, 0.1) is 13.2 Å². The maximum atomic E-state index is 12.7. The third-order valence-corrected chi connectivity index (χ3v) is 5.30. The van der Waals surface area contributed by atoms with Crippen molar-refractivity contribution in [3.8, 4) is 0 Å². The van der Waals surface area contributed by atoms with Gasteiger partial charge in [0.25, 0.3) is 0 Å². The fourth-order valence-electron chi connectivity index (χ4n) is 1.95. The summed E-state index contributed by atoms with van der Waals surface area (Å²) in [7, 11) is -3.34. The van der Waals surface area contributed by atoms with Gasteiger partial charge in [-0.15, -0.1) is 0 Å². The Balaban J connectivity index is 5.02. The van der Waals surface area contributed by atoms with Gasteiger partial charge in [-0.2, -0.15) is 0 Å². The standard InChI is InChI=1S/C13H28NO5P/c1-6-12(20(17,18-7-2)19-8-3)14-11(13(15)16)9-10(4)5/h10-12,14H,6-9H2,1-5H3,(H,15,16)/t11-,12-/m0/s1. The number of aliphatic carboxylic acids is 1. The third kappa shape index (κ3) is 6.35. The van der Waals surface area contributed by atoms with E-state index in [1.165, 1.54) is 0 Å². The van der Waals surface area contributed by atoms with Crippen molar-refractivity contribution < 1.29 is 23.5 Å². The topological polar surface area (TPSA) is 84.9 Å². The van der Waals surface area contributed by atoms with E-state index in [-0.39, 0.29) is 19.1 Å². The lowest BCUT2D eigenvalue weighted by atomic mass is 10.0. The summed E-state index contributed by atoms with van der Waals surface area (Å²) in [4.78, 5) is 11.3. The number of rotatable bonds is 11. The van der Waals surface area contributed by atoms with Crippen LogP contribution in [0.3, 0.4) is 0 Å². The highest BCUT2D eigenvalue weighted by atomic mass is 31.2. The van der Waals surface area contributed by atoms with Crippen molar-refractivity contribution in [3.63, 3.8) is 0 Å². The Hall–Kier alpha value is -0.420. The van der Waals surface area contributed by atoms with Crippen LogP contribution in [-0.2, 0) is 18.4 Å². The third-order valence-electron chi connectivity index (χ3n) is 2.79. The van der Waals surface area contributed by atoms with Gasteiger partial charge in [-0.05, 0) is 32.6 Å².